The number of aromatic nitrogens is 2. The van der Waals surface area contributed by atoms with Crippen LogP contribution in [0, 0.1) is 5.82 Å². The number of amides is 1. The van der Waals surface area contributed by atoms with Crippen molar-refractivity contribution in [3.63, 3.8) is 0 Å². The molecule has 8 nitrogen and oxygen atoms in total. The molecule has 11 heteroatoms. The molecule has 0 bridgehead atoms. The number of carbonyl (C=O) groups excluding carboxylic acids is 1. The van der Waals surface area contributed by atoms with Gasteiger partial charge in [0.1, 0.15) is 23.8 Å². The number of rotatable bonds is 9. The van der Waals surface area contributed by atoms with Crippen LogP contribution in [0.15, 0.2) is 88.3 Å². The Hall–Kier alpha value is -4.54. The summed E-state index contributed by atoms with van der Waals surface area (Å²) < 4.78 is 26.4. The lowest BCUT2D eigenvalue weighted by Crippen LogP contribution is -2.30. The van der Waals surface area contributed by atoms with E-state index in [1.54, 1.807) is 24.3 Å². The average Bonchev–Trinajstić information content (AvgIpc) is 3.40. The van der Waals surface area contributed by atoms with Gasteiger partial charge >= 0.3 is 0 Å². The first-order valence-electron chi connectivity index (χ1n) is 12.0. The molecule has 0 radical (unpaired) electrons. The molecule has 0 spiro atoms. The van der Waals surface area contributed by atoms with Crippen molar-refractivity contribution in [3.05, 3.63) is 111 Å². The third-order valence-corrected chi connectivity index (χ3v) is 7.22. The van der Waals surface area contributed by atoms with Gasteiger partial charge in [0, 0.05) is 16.5 Å². The molecule has 1 amide bonds. The summed E-state index contributed by atoms with van der Waals surface area (Å²) in [5.41, 5.74) is 4.66. The molecule has 0 fully saturated rings. The summed E-state index contributed by atoms with van der Waals surface area (Å²) in [6.07, 6.45) is 2.78. The predicted octanol–water partition coefficient (Wildman–Crippen LogP) is 5.66. The third kappa shape index (κ3) is 5.88. The molecule has 40 heavy (non-hydrogen) atoms. The molecule has 0 saturated carbocycles. The van der Waals surface area contributed by atoms with E-state index in [2.05, 4.69) is 15.5 Å². The fourth-order valence-corrected chi connectivity index (χ4v) is 5.11. The molecular formula is C29H22ClFN4O4S. The molecule has 1 N–H and O–H groups in total. The lowest BCUT2D eigenvalue weighted by Gasteiger charge is -2.12. The van der Waals surface area contributed by atoms with Gasteiger partial charge in [-0.05, 0) is 41.5 Å². The Bertz CT molecular complexity index is 1750. The maximum absolute atomic E-state index is 14.0. The Morgan fingerprint density at radius 3 is 2.75 bits per heavy atom. The first-order chi connectivity index (χ1) is 19.4. The van der Waals surface area contributed by atoms with Crippen LogP contribution >= 0.6 is 22.9 Å². The van der Waals surface area contributed by atoms with Crippen LogP contribution in [-0.2, 0) is 17.9 Å². The maximum atomic E-state index is 14.0. The van der Waals surface area contributed by atoms with Crippen molar-refractivity contribution in [2.75, 3.05) is 7.11 Å². The van der Waals surface area contributed by atoms with Gasteiger partial charge in [0.15, 0.2) is 11.5 Å². The van der Waals surface area contributed by atoms with Crippen LogP contribution < -0.4 is 20.5 Å². The minimum Gasteiger partial charge on any atom is -0.493 e. The molecule has 0 unspecified atom stereocenters. The van der Waals surface area contributed by atoms with Crippen molar-refractivity contribution in [1.82, 2.24) is 15.0 Å². The Kier molecular flexibility index (Phi) is 8.18. The molecule has 2 aromatic heterocycles. The number of thiophene rings is 1. The molecule has 2 heterocycles. The molecular weight excluding hydrogens is 555 g/mol. The Morgan fingerprint density at radius 1 is 1.15 bits per heavy atom. The van der Waals surface area contributed by atoms with E-state index >= 15 is 0 Å². The summed E-state index contributed by atoms with van der Waals surface area (Å²) >= 11 is 7.44. The Balaban J connectivity index is 1.24. The minimum absolute atomic E-state index is 0.0798. The van der Waals surface area contributed by atoms with E-state index in [4.69, 9.17) is 21.1 Å². The van der Waals surface area contributed by atoms with Crippen LogP contribution in [0.5, 0.6) is 11.5 Å². The van der Waals surface area contributed by atoms with Gasteiger partial charge in [0.05, 0.1) is 30.1 Å². The summed E-state index contributed by atoms with van der Waals surface area (Å²) in [5.74, 6) is -0.187. The van der Waals surface area contributed by atoms with Crippen LogP contribution in [0.3, 0.4) is 0 Å². The van der Waals surface area contributed by atoms with Gasteiger partial charge in [0.25, 0.3) is 11.5 Å². The number of ether oxygens (including phenoxy) is 2. The van der Waals surface area contributed by atoms with Crippen molar-refractivity contribution in [2.24, 2.45) is 5.10 Å². The van der Waals surface area contributed by atoms with Crippen molar-refractivity contribution >= 4 is 45.3 Å². The Morgan fingerprint density at radius 2 is 1.98 bits per heavy atom. The topological polar surface area (TPSA) is 94.8 Å². The summed E-state index contributed by atoms with van der Waals surface area (Å²) in [4.78, 5) is 30.7. The van der Waals surface area contributed by atoms with Crippen LogP contribution in [-0.4, -0.2) is 28.8 Å². The molecule has 202 valence electrons. The maximum Gasteiger partial charge on any atom is 0.263 e. The lowest BCUT2D eigenvalue weighted by molar-refractivity contribution is -0.121. The molecule has 5 rings (SSSR count). The monoisotopic (exact) mass is 576 g/mol. The molecule has 0 saturated heterocycles. The first kappa shape index (κ1) is 27.0. The Labute approximate surface area is 237 Å². The largest absolute Gasteiger partial charge is 0.493 e. The number of nitrogens with zero attached hydrogens (tertiary/aromatic N) is 3. The molecule has 0 atom stereocenters. The van der Waals surface area contributed by atoms with E-state index < -0.39 is 11.7 Å². The molecule has 0 aliphatic rings. The van der Waals surface area contributed by atoms with Gasteiger partial charge in [-0.25, -0.2) is 14.8 Å². The van der Waals surface area contributed by atoms with E-state index in [-0.39, 0.29) is 29.3 Å². The minimum atomic E-state index is -0.496. The molecule has 0 aliphatic carbocycles. The van der Waals surface area contributed by atoms with Crippen LogP contribution in [0.2, 0.25) is 5.02 Å². The number of hydrogen-bond acceptors (Lipinski definition) is 7. The van der Waals surface area contributed by atoms with Gasteiger partial charge < -0.3 is 9.47 Å². The van der Waals surface area contributed by atoms with Crippen LogP contribution in [0.25, 0.3) is 21.3 Å². The number of carbonyl (C=O) groups is 1. The highest BCUT2D eigenvalue weighted by molar-refractivity contribution is 7.17. The second-order valence-electron chi connectivity index (χ2n) is 8.57. The number of benzene rings is 3. The van der Waals surface area contributed by atoms with E-state index in [0.717, 1.165) is 11.1 Å². The summed E-state index contributed by atoms with van der Waals surface area (Å²) in [7, 11) is 1.47. The second-order valence-corrected chi connectivity index (χ2v) is 9.83. The molecule has 0 aliphatic heterocycles. The number of methoxy groups -OCH3 is 1. The summed E-state index contributed by atoms with van der Waals surface area (Å²) in [5, 5.41) is 6.62. The van der Waals surface area contributed by atoms with E-state index in [0.29, 0.717) is 27.3 Å². The van der Waals surface area contributed by atoms with Crippen molar-refractivity contribution in [1.29, 1.82) is 0 Å². The number of fused-ring (bicyclic) bond motifs is 1. The fraction of sp³-hybridized carbons (Fsp3) is 0.103. The normalized spacial score (nSPS) is 11.2. The third-order valence-electron chi connectivity index (χ3n) is 5.98. The fourth-order valence-electron chi connectivity index (χ4n) is 3.98. The van der Waals surface area contributed by atoms with Crippen LogP contribution in [0.4, 0.5) is 4.39 Å². The van der Waals surface area contributed by atoms with Crippen LogP contribution in [0.1, 0.15) is 11.1 Å². The van der Waals surface area contributed by atoms with E-state index in [9.17, 15) is 14.0 Å². The lowest BCUT2D eigenvalue weighted by atomic mass is 10.1. The predicted molar refractivity (Wildman–Crippen MR) is 154 cm³/mol. The van der Waals surface area contributed by atoms with Gasteiger partial charge in [-0.2, -0.15) is 5.10 Å². The zero-order valence-electron chi connectivity index (χ0n) is 21.1. The zero-order chi connectivity index (χ0) is 28.1. The van der Waals surface area contributed by atoms with E-state index in [1.165, 1.54) is 47.7 Å². The van der Waals surface area contributed by atoms with Gasteiger partial charge in [-0.15, -0.1) is 11.3 Å². The highest BCUT2D eigenvalue weighted by Crippen LogP contribution is 2.31. The second kappa shape index (κ2) is 12.1. The first-order valence-corrected chi connectivity index (χ1v) is 13.3. The van der Waals surface area contributed by atoms with Crippen molar-refractivity contribution < 1.29 is 18.7 Å². The van der Waals surface area contributed by atoms with Crippen molar-refractivity contribution in [2.45, 2.75) is 13.2 Å². The highest BCUT2D eigenvalue weighted by atomic mass is 35.5. The molecule has 3 aromatic carbocycles. The van der Waals surface area contributed by atoms with Crippen molar-refractivity contribution in [3.8, 4) is 22.6 Å². The quantitative estimate of drug-likeness (QED) is 0.181. The van der Waals surface area contributed by atoms with Gasteiger partial charge in [0.2, 0.25) is 0 Å². The molecule has 5 aromatic rings. The van der Waals surface area contributed by atoms with Gasteiger partial charge in [-0.3, -0.25) is 14.2 Å². The number of halogens is 2. The smallest absolute Gasteiger partial charge is 0.263 e. The summed E-state index contributed by atoms with van der Waals surface area (Å²) in [6.45, 7) is -0.332. The number of hydrogen-bond donors (Lipinski definition) is 1. The highest BCUT2D eigenvalue weighted by Gasteiger charge is 2.15. The standard InChI is InChI=1S/C29H22ClFN4O4S/c1-38-25-12-18(10-11-24(25)39-15-20-22(30)8-5-9-23(20)31)13-33-34-26(36)14-35-17-32-28-27(29(35)37)21(16-40-28)19-6-3-2-4-7-19/h2-13,16-17H,14-15H2,1H3,(H,34,36)/b33-13+. The van der Waals surface area contributed by atoms with Gasteiger partial charge in [-0.1, -0.05) is 48.0 Å². The SMILES string of the molecule is COc1cc(/C=N/NC(=O)Cn2cnc3scc(-c4ccccc4)c3c2=O)ccc1OCc1c(F)cccc1Cl. The number of nitrogens with one attached hydrogen (secondary N) is 1. The number of hydrazone groups is 1. The average molecular weight is 577 g/mol. The zero-order valence-corrected chi connectivity index (χ0v) is 22.7. The van der Waals surface area contributed by atoms with E-state index in [1.807, 2.05) is 35.7 Å². The summed E-state index contributed by atoms with van der Waals surface area (Å²) in [6, 6.07) is 19.0.